The van der Waals surface area contributed by atoms with E-state index in [0.29, 0.717) is 11.3 Å². The lowest BCUT2D eigenvalue weighted by molar-refractivity contribution is 0.560. The molecule has 0 fully saturated rings. The van der Waals surface area contributed by atoms with Gasteiger partial charge in [-0.1, -0.05) is 19.4 Å². The summed E-state index contributed by atoms with van der Waals surface area (Å²) in [4.78, 5) is 0. The van der Waals surface area contributed by atoms with E-state index in [4.69, 9.17) is 11.5 Å². The van der Waals surface area contributed by atoms with Crippen LogP contribution in [0.25, 0.3) is 0 Å². The molecule has 0 saturated carbocycles. The van der Waals surface area contributed by atoms with Crippen LogP contribution in [0.1, 0.15) is 31.4 Å². The predicted molar refractivity (Wildman–Crippen MR) is 52.6 cm³/mol. The lowest BCUT2D eigenvalue weighted by Crippen LogP contribution is -2.11. The highest BCUT2D eigenvalue weighted by Gasteiger charge is 2.09. The molecule has 0 bridgehead atoms. The van der Waals surface area contributed by atoms with Gasteiger partial charge in [0.15, 0.2) is 0 Å². The molecule has 1 aromatic rings. The highest BCUT2D eigenvalue weighted by molar-refractivity contribution is 5.41. The van der Waals surface area contributed by atoms with E-state index in [9.17, 15) is 4.39 Å². The van der Waals surface area contributed by atoms with Crippen LogP contribution < -0.4 is 11.5 Å². The first-order chi connectivity index (χ1) is 6.15. The van der Waals surface area contributed by atoms with E-state index >= 15 is 0 Å². The lowest BCUT2D eigenvalue weighted by Gasteiger charge is -2.11. The van der Waals surface area contributed by atoms with Crippen LogP contribution >= 0.6 is 0 Å². The maximum atomic E-state index is 13.3. The third kappa shape index (κ3) is 2.42. The summed E-state index contributed by atoms with van der Waals surface area (Å²) in [6.45, 7) is 2.02. The van der Waals surface area contributed by atoms with Gasteiger partial charge in [0.2, 0.25) is 0 Å². The highest BCUT2D eigenvalue weighted by atomic mass is 19.1. The molecular formula is C10H15FN2. The molecule has 1 atom stereocenters. The minimum Gasteiger partial charge on any atom is -0.399 e. The summed E-state index contributed by atoms with van der Waals surface area (Å²) < 4.78 is 13.3. The second-order valence-corrected chi connectivity index (χ2v) is 3.18. The average molecular weight is 182 g/mol. The van der Waals surface area contributed by atoms with Crippen LogP contribution in [0.2, 0.25) is 0 Å². The van der Waals surface area contributed by atoms with E-state index in [0.717, 1.165) is 12.8 Å². The van der Waals surface area contributed by atoms with E-state index in [-0.39, 0.29) is 11.9 Å². The zero-order valence-corrected chi connectivity index (χ0v) is 7.76. The average Bonchev–Trinajstić information content (AvgIpc) is 2.04. The van der Waals surface area contributed by atoms with Crippen molar-refractivity contribution in [3.05, 3.63) is 29.6 Å². The van der Waals surface area contributed by atoms with Gasteiger partial charge in [-0.15, -0.1) is 0 Å². The van der Waals surface area contributed by atoms with Crippen LogP contribution in [-0.4, -0.2) is 0 Å². The number of benzene rings is 1. The van der Waals surface area contributed by atoms with Gasteiger partial charge >= 0.3 is 0 Å². The van der Waals surface area contributed by atoms with Crippen molar-refractivity contribution in [3.63, 3.8) is 0 Å². The summed E-state index contributed by atoms with van der Waals surface area (Å²) in [5, 5.41) is 0. The molecule has 1 aromatic carbocycles. The fourth-order valence-electron chi connectivity index (χ4n) is 1.31. The van der Waals surface area contributed by atoms with E-state index < -0.39 is 0 Å². The van der Waals surface area contributed by atoms with Crippen molar-refractivity contribution < 1.29 is 4.39 Å². The van der Waals surface area contributed by atoms with Crippen molar-refractivity contribution in [1.29, 1.82) is 0 Å². The summed E-state index contributed by atoms with van der Waals surface area (Å²) in [7, 11) is 0. The van der Waals surface area contributed by atoms with Gasteiger partial charge in [-0.2, -0.15) is 0 Å². The summed E-state index contributed by atoms with van der Waals surface area (Å²) in [5.41, 5.74) is 12.2. The smallest absolute Gasteiger partial charge is 0.130 e. The molecule has 72 valence electrons. The third-order valence-corrected chi connectivity index (χ3v) is 2.02. The Morgan fingerprint density at radius 1 is 1.46 bits per heavy atom. The molecule has 0 aliphatic heterocycles. The largest absolute Gasteiger partial charge is 0.399 e. The molecule has 0 unspecified atom stereocenters. The maximum Gasteiger partial charge on any atom is 0.130 e. The topological polar surface area (TPSA) is 52.0 Å². The summed E-state index contributed by atoms with van der Waals surface area (Å²) in [6.07, 6.45) is 1.74. The summed E-state index contributed by atoms with van der Waals surface area (Å²) >= 11 is 0. The fourth-order valence-corrected chi connectivity index (χ4v) is 1.31. The Hall–Kier alpha value is -1.09. The van der Waals surface area contributed by atoms with Gasteiger partial charge in [0, 0.05) is 17.3 Å². The van der Waals surface area contributed by atoms with Crippen LogP contribution in [0.5, 0.6) is 0 Å². The van der Waals surface area contributed by atoms with E-state index in [1.54, 1.807) is 12.1 Å². The van der Waals surface area contributed by atoms with Crippen molar-refractivity contribution in [2.24, 2.45) is 5.73 Å². The number of anilines is 1. The van der Waals surface area contributed by atoms with Crippen LogP contribution in [0.4, 0.5) is 10.1 Å². The molecule has 0 aliphatic rings. The van der Waals surface area contributed by atoms with Crippen LogP contribution in [0.15, 0.2) is 18.2 Å². The Bertz CT molecular complexity index is 286. The summed E-state index contributed by atoms with van der Waals surface area (Å²) in [5.74, 6) is -0.305. The maximum absolute atomic E-state index is 13.3. The molecule has 1 rings (SSSR count). The fraction of sp³-hybridized carbons (Fsp3) is 0.400. The van der Waals surface area contributed by atoms with Crippen molar-refractivity contribution in [2.75, 3.05) is 5.73 Å². The minimum absolute atomic E-state index is 0.217. The standard InChI is InChI=1S/C10H15FN2/c1-2-3-10(13)8-5-4-7(12)6-9(8)11/h4-6,10H,2-3,12-13H2,1H3/t10-/m1/s1. The van der Waals surface area contributed by atoms with Crippen LogP contribution in [-0.2, 0) is 0 Å². The number of rotatable bonds is 3. The van der Waals surface area contributed by atoms with Gasteiger partial charge < -0.3 is 11.5 Å². The molecule has 2 nitrogen and oxygen atoms in total. The van der Waals surface area contributed by atoms with E-state index in [1.807, 2.05) is 6.92 Å². The SMILES string of the molecule is CCC[C@@H](N)c1ccc(N)cc1F. The number of hydrogen-bond donors (Lipinski definition) is 2. The van der Waals surface area contributed by atoms with Crippen molar-refractivity contribution in [2.45, 2.75) is 25.8 Å². The molecule has 0 aliphatic carbocycles. The molecule has 0 spiro atoms. The lowest BCUT2D eigenvalue weighted by atomic mass is 10.0. The van der Waals surface area contributed by atoms with Crippen LogP contribution in [0.3, 0.4) is 0 Å². The number of nitrogens with two attached hydrogens (primary N) is 2. The van der Waals surface area contributed by atoms with Crippen LogP contribution in [0, 0.1) is 5.82 Å². The normalized spacial score (nSPS) is 12.8. The molecule has 0 heterocycles. The minimum atomic E-state index is -0.305. The Balaban J connectivity index is 2.88. The van der Waals surface area contributed by atoms with Crippen molar-refractivity contribution in [3.8, 4) is 0 Å². The molecule has 0 aromatic heterocycles. The zero-order valence-electron chi connectivity index (χ0n) is 7.76. The van der Waals surface area contributed by atoms with Gasteiger partial charge in [0.25, 0.3) is 0 Å². The van der Waals surface area contributed by atoms with Gasteiger partial charge in [-0.05, 0) is 18.6 Å². The highest BCUT2D eigenvalue weighted by Crippen LogP contribution is 2.20. The van der Waals surface area contributed by atoms with Gasteiger partial charge in [0.1, 0.15) is 5.82 Å². The zero-order chi connectivity index (χ0) is 9.84. The predicted octanol–water partition coefficient (Wildman–Crippen LogP) is 2.21. The monoisotopic (exact) mass is 182 g/mol. The van der Waals surface area contributed by atoms with E-state index in [1.165, 1.54) is 6.07 Å². The molecule has 4 N–H and O–H groups in total. The van der Waals surface area contributed by atoms with Crippen molar-refractivity contribution in [1.82, 2.24) is 0 Å². The van der Waals surface area contributed by atoms with Crippen molar-refractivity contribution >= 4 is 5.69 Å². The summed E-state index contributed by atoms with van der Waals surface area (Å²) in [6, 6.07) is 4.43. The first-order valence-corrected chi connectivity index (χ1v) is 4.45. The molecule has 3 heteroatoms. The molecule has 0 amide bonds. The second kappa shape index (κ2) is 4.23. The van der Waals surface area contributed by atoms with Gasteiger partial charge in [-0.25, -0.2) is 4.39 Å². The Labute approximate surface area is 77.7 Å². The third-order valence-electron chi connectivity index (χ3n) is 2.02. The first-order valence-electron chi connectivity index (χ1n) is 4.45. The van der Waals surface area contributed by atoms with E-state index in [2.05, 4.69) is 0 Å². The number of halogens is 1. The molecule has 0 saturated heterocycles. The Morgan fingerprint density at radius 2 is 2.15 bits per heavy atom. The first kappa shape index (κ1) is 9.99. The van der Waals surface area contributed by atoms with Gasteiger partial charge in [0.05, 0.1) is 0 Å². The molecular weight excluding hydrogens is 167 g/mol. The number of nitrogen functional groups attached to an aromatic ring is 1. The quantitative estimate of drug-likeness (QED) is 0.704. The molecule has 0 radical (unpaired) electrons. The Morgan fingerprint density at radius 3 is 2.69 bits per heavy atom. The molecule has 13 heavy (non-hydrogen) atoms. The van der Waals surface area contributed by atoms with Gasteiger partial charge in [-0.3, -0.25) is 0 Å². The Kier molecular flexibility index (Phi) is 3.25. The number of hydrogen-bond acceptors (Lipinski definition) is 2. The second-order valence-electron chi connectivity index (χ2n) is 3.18.